The van der Waals surface area contributed by atoms with Gasteiger partial charge in [0.05, 0.1) is 28.3 Å². The molecule has 0 aliphatic carbocycles. The van der Waals surface area contributed by atoms with E-state index in [1.807, 2.05) is 19.1 Å². The lowest BCUT2D eigenvalue weighted by Crippen LogP contribution is -2.29. The van der Waals surface area contributed by atoms with Crippen molar-refractivity contribution in [3.63, 3.8) is 0 Å². The Morgan fingerprint density at radius 1 is 1.19 bits per heavy atom. The number of H-pyrrole nitrogens is 1. The van der Waals surface area contributed by atoms with Crippen LogP contribution in [0.5, 0.6) is 5.75 Å². The zero-order valence-electron chi connectivity index (χ0n) is 15.3. The summed E-state index contributed by atoms with van der Waals surface area (Å²) in [4.78, 5) is 20.8. The number of nitro groups is 1. The summed E-state index contributed by atoms with van der Waals surface area (Å²) < 4.78 is 5.83. The number of ether oxygens (including phenoxy) is 1. The molecule has 0 radical (unpaired) electrons. The number of hydrogen-bond acceptors (Lipinski definition) is 5. The number of nitrogens with zero attached hydrogens (tertiary/aromatic N) is 3. The van der Waals surface area contributed by atoms with E-state index in [0.717, 1.165) is 30.1 Å². The van der Waals surface area contributed by atoms with Crippen LogP contribution in [0.3, 0.4) is 0 Å². The molecular weight excluding hydrogens is 344 g/mol. The number of nitrogens with one attached hydrogen (secondary N) is 1. The summed E-state index contributed by atoms with van der Waals surface area (Å²) in [6, 6.07) is 10.7. The molecule has 0 spiro atoms. The molecular formula is C20H22N4O3. The maximum absolute atomic E-state index is 11.0. The van der Waals surface area contributed by atoms with Crippen LogP contribution in [0.25, 0.3) is 22.4 Å². The van der Waals surface area contributed by atoms with Crippen LogP contribution in [0.15, 0.2) is 36.4 Å². The molecule has 0 saturated carbocycles. The molecule has 1 N–H and O–H groups in total. The zero-order valence-corrected chi connectivity index (χ0v) is 15.3. The number of rotatable bonds is 5. The van der Waals surface area contributed by atoms with E-state index in [9.17, 15) is 10.1 Å². The van der Waals surface area contributed by atoms with Crippen LogP contribution < -0.4 is 9.64 Å². The highest BCUT2D eigenvalue weighted by Crippen LogP contribution is 2.35. The van der Waals surface area contributed by atoms with Crippen LogP contribution >= 0.6 is 0 Å². The predicted octanol–water partition coefficient (Wildman–Crippen LogP) is 4.53. The molecule has 140 valence electrons. The molecule has 1 saturated heterocycles. The van der Waals surface area contributed by atoms with Gasteiger partial charge in [-0.3, -0.25) is 10.1 Å². The minimum atomic E-state index is -0.398. The molecule has 0 bridgehead atoms. The predicted molar refractivity (Wildman–Crippen MR) is 105 cm³/mol. The van der Waals surface area contributed by atoms with Gasteiger partial charge in [-0.1, -0.05) is 0 Å². The number of imidazole rings is 1. The van der Waals surface area contributed by atoms with E-state index in [1.165, 1.54) is 31.4 Å². The Morgan fingerprint density at radius 3 is 2.74 bits per heavy atom. The van der Waals surface area contributed by atoms with Crippen molar-refractivity contribution >= 4 is 22.4 Å². The van der Waals surface area contributed by atoms with Crippen LogP contribution in [0.2, 0.25) is 0 Å². The first-order valence-corrected chi connectivity index (χ1v) is 9.32. The molecule has 1 fully saturated rings. The van der Waals surface area contributed by atoms with Crippen LogP contribution in [0.4, 0.5) is 11.4 Å². The summed E-state index contributed by atoms with van der Waals surface area (Å²) in [7, 11) is 0. The van der Waals surface area contributed by atoms with Gasteiger partial charge in [0.15, 0.2) is 0 Å². The van der Waals surface area contributed by atoms with Crippen molar-refractivity contribution in [2.75, 3.05) is 24.6 Å². The molecule has 0 unspecified atom stereocenters. The Morgan fingerprint density at radius 2 is 2.00 bits per heavy atom. The molecule has 2 aromatic carbocycles. The van der Waals surface area contributed by atoms with Crippen molar-refractivity contribution < 1.29 is 9.66 Å². The molecule has 27 heavy (non-hydrogen) atoms. The number of anilines is 1. The smallest absolute Gasteiger partial charge is 0.271 e. The molecule has 0 amide bonds. The third kappa shape index (κ3) is 3.45. The van der Waals surface area contributed by atoms with Gasteiger partial charge in [-0.05, 0) is 50.5 Å². The second kappa shape index (κ2) is 7.26. The van der Waals surface area contributed by atoms with Crippen LogP contribution in [0.1, 0.15) is 26.2 Å². The summed E-state index contributed by atoms with van der Waals surface area (Å²) in [5, 5.41) is 11.0. The maximum atomic E-state index is 11.0. The molecule has 1 aromatic heterocycles. The van der Waals surface area contributed by atoms with Gasteiger partial charge in [-0.25, -0.2) is 4.98 Å². The van der Waals surface area contributed by atoms with Crippen molar-refractivity contribution in [2.24, 2.45) is 0 Å². The lowest BCUT2D eigenvalue weighted by atomic mass is 10.1. The number of fused-ring (bicyclic) bond motifs is 1. The third-order valence-electron chi connectivity index (χ3n) is 4.91. The number of aromatic nitrogens is 2. The van der Waals surface area contributed by atoms with Gasteiger partial charge >= 0.3 is 0 Å². The van der Waals surface area contributed by atoms with Gasteiger partial charge in [0.25, 0.3) is 5.69 Å². The highest BCUT2D eigenvalue weighted by atomic mass is 16.6. The number of aromatic amines is 1. The largest absolute Gasteiger partial charge is 0.492 e. The highest BCUT2D eigenvalue weighted by molar-refractivity contribution is 5.82. The Labute approximate surface area is 157 Å². The van der Waals surface area contributed by atoms with E-state index < -0.39 is 4.92 Å². The summed E-state index contributed by atoms with van der Waals surface area (Å²) in [6.45, 7) is 4.65. The monoisotopic (exact) mass is 366 g/mol. The second-order valence-electron chi connectivity index (χ2n) is 6.71. The quantitative estimate of drug-likeness (QED) is 0.530. The molecule has 4 rings (SSSR count). The average molecular weight is 366 g/mol. The number of piperidine rings is 1. The van der Waals surface area contributed by atoms with Gasteiger partial charge < -0.3 is 14.6 Å². The van der Waals surface area contributed by atoms with Gasteiger partial charge in [-0.2, -0.15) is 0 Å². The standard InChI is InChI=1S/C20H22N4O3/c1-2-27-19-9-6-14(12-18(19)23-10-4-3-5-11-23)20-21-16-8-7-15(24(25)26)13-17(16)22-20/h6-9,12-13H,2-5,10-11H2,1H3,(H,21,22). The van der Waals surface area contributed by atoms with Crippen molar-refractivity contribution in [3.8, 4) is 17.1 Å². The zero-order chi connectivity index (χ0) is 18.8. The van der Waals surface area contributed by atoms with Crippen molar-refractivity contribution in [3.05, 3.63) is 46.5 Å². The van der Waals surface area contributed by atoms with Crippen molar-refractivity contribution in [1.29, 1.82) is 0 Å². The summed E-state index contributed by atoms with van der Waals surface area (Å²) in [5.74, 6) is 1.58. The summed E-state index contributed by atoms with van der Waals surface area (Å²) in [6.07, 6.45) is 3.64. The molecule has 0 atom stereocenters. The number of nitro benzene ring substituents is 1. The van der Waals surface area contributed by atoms with E-state index in [0.29, 0.717) is 23.5 Å². The topological polar surface area (TPSA) is 84.3 Å². The van der Waals surface area contributed by atoms with E-state index >= 15 is 0 Å². The highest BCUT2D eigenvalue weighted by Gasteiger charge is 2.18. The van der Waals surface area contributed by atoms with Gasteiger partial charge in [0, 0.05) is 30.8 Å². The van der Waals surface area contributed by atoms with E-state index in [2.05, 4.69) is 20.9 Å². The van der Waals surface area contributed by atoms with E-state index in [4.69, 9.17) is 4.74 Å². The van der Waals surface area contributed by atoms with Crippen LogP contribution in [-0.4, -0.2) is 34.6 Å². The fourth-order valence-corrected chi connectivity index (χ4v) is 3.57. The van der Waals surface area contributed by atoms with Crippen LogP contribution in [0, 0.1) is 10.1 Å². The summed E-state index contributed by atoms with van der Waals surface area (Å²) >= 11 is 0. The fraction of sp³-hybridized carbons (Fsp3) is 0.350. The number of hydrogen-bond donors (Lipinski definition) is 1. The molecule has 3 aromatic rings. The van der Waals surface area contributed by atoms with Gasteiger partial charge in [0.2, 0.25) is 0 Å². The molecule has 1 aliphatic rings. The fourth-order valence-electron chi connectivity index (χ4n) is 3.57. The average Bonchev–Trinajstić information content (AvgIpc) is 3.12. The Balaban J connectivity index is 1.74. The lowest BCUT2D eigenvalue weighted by Gasteiger charge is -2.30. The summed E-state index contributed by atoms with van der Waals surface area (Å²) in [5.41, 5.74) is 3.45. The van der Waals surface area contributed by atoms with Crippen LogP contribution in [-0.2, 0) is 0 Å². The SMILES string of the molecule is CCOc1ccc(-c2nc3ccc([N+](=O)[O-])cc3[nH]2)cc1N1CCCCC1. The molecule has 7 nitrogen and oxygen atoms in total. The molecule has 1 aliphatic heterocycles. The maximum Gasteiger partial charge on any atom is 0.271 e. The van der Waals surface area contributed by atoms with E-state index in [-0.39, 0.29) is 5.69 Å². The third-order valence-corrected chi connectivity index (χ3v) is 4.91. The van der Waals surface area contributed by atoms with Crippen molar-refractivity contribution in [2.45, 2.75) is 26.2 Å². The first kappa shape index (κ1) is 17.3. The number of benzene rings is 2. The Hall–Kier alpha value is -3.09. The van der Waals surface area contributed by atoms with E-state index in [1.54, 1.807) is 6.07 Å². The van der Waals surface area contributed by atoms with Crippen molar-refractivity contribution in [1.82, 2.24) is 9.97 Å². The number of non-ortho nitro benzene ring substituents is 1. The molecule has 2 heterocycles. The molecule has 7 heteroatoms. The second-order valence-corrected chi connectivity index (χ2v) is 6.71. The first-order chi connectivity index (χ1) is 13.2. The first-order valence-electron chi connectivity index (χ1n) is 9.32. The minimum Gasteiger partial charge on any atom is -0.492 e. The Kier molecular flexibility index (Phi) is 4.66. The lowest BCUT2D eigenvalue weighted by molar-refractivity contribution is -0.384. The van der Waals surface area contributed by atoms with Gasteiger partial charge in [0.1, 0.15) is 11.6 Å². The van der Waals surface area contributed by atoms with Gasteiger partial charge in [-0.15, -0.1) is 0 Å². The Bertz CT molecular complexity index is 977. The normalized spacial score (nSPS) is 14.5. The minimum absolute atomic E-state index is 0.0541.